The number of ether oxygens (including phenoxy) is 1. The highest BCUT2D eigenvalue weighted by atomic mass is 32.2. The summed E-state index contributed by atoms with van der Waals surface area (Å²) < 4.78 is 34.0. The van der Waals surface area contributed by atoms with Crippen molar-refractivity contribution in [3.8, 4) is 5.75 Å². The second-order valence-electron chi connectivity index (χ2n) is 10.4. The molecular weight excluding hydrogens is 514 g/mol. The van der Waals surface area contributed by atoms with Gasteiger partial charge in [0.1, 0.15) is 18.3 Å². The fourth-order valence-electron chi connectivity index (χ4n) is 4.04. The van der Waals surface area contributed by atoms with Gasteiger partial charge >= 0.3 is 0 Å². The van der Waals surface area contributed by atoms with Crippen LogP contribution in [0.3, 0.4) is 0 Å². The van der Waals surface area contributed by atoms with Gasteiger partial charge in [-0.05, 0) is 70.0 Å². The molecule has 0 saturated heterocycles. The lowest BCUT2D eigenvalue weighted by Crippen LogP contribution is -2.54. The predicted octanol–water partition coefficient (Wildman–Crippen LogP) is 4.53. The number of nitrogens with zero attached hydrogens (tertiary/aromatic N) is 2. The summed E-state index contributed by atoms with van der Waals surface area (Å²) in [4.78, 5) is 28.7. The summed E-state index contributed by atoms with van der Waals surface area (Å²) in [6.45, 7) is 8.80. The van der Waals surface area contributed by atoms with E-state index in [0.717, 1.165) is 15.4 Å². The SMILES string of the molecule is COc1cccc(N(CC(=O)N(Cc2ccccc2C)[C@@H](C)C(=O)NC(C)(C)C)S(=O)(=O)c2ccccc2)c1. The lowest BCUT2D eigenvalue weighted by molar-refractivity contribution is -0.140. The standard InChI is InChI=1S/C30H37N3O5S/c1-22-13-10-11-14-24(22)20-32(23(2)29(35)31-30(3,4)5)28(34)21-33(25-15-12-16-26(19-25)38-6)39(36,37)27-17-8-7-9-18-27/h7-19,23H,20-21H2,1-6H3,(H,31,35)/t23-/m0/s1. The summed E-state index contributed by atoms with van der Waals surface area (Å²) in [7, 11) is -2.65. The fourth-order valence-corrected chi connectivity index (χ4v) is 5.47. The minimum Gasteiger partial charge on any atom is -0.497 e. The number of aryl methyl sites for hydroxylation is 1. The van der Waals surface area contributed by atoms with Gasteiger partial charge in [-0.25, -0.2) is 8.42 Å². The van der Waals surface area contributed by atoms with Gasteiger partial charge in [-0.15, -0.1) is 0 Å². The van der Waals surface area contributed by atoms with Crippen LogP contribution in [0.4, 0.5) is 5.69 Å². The topological polar surface area (TPSA) is 96.0 Å². The highest BCUT2D eigenvalue weighted by molar-refractivity contribution is 7.92. The Bertz CT molecular complexity index is 1400. The van der Waals surface area contributed by atoms with Crippen LogP contribution in [0.2, 0.25) is 0 Å². The summed E-state index contributed by atoms with van der Waals surface area (Å²) in [5, 5.41) is 2.93. The molecule has 39 heavy (non-hydrogen) atoms. The zero-order chi connectivity index (χ0) is 28.8. The Hall–Kier alpha value is -3.85. The molecule has 2 amide bonds. The summed E-state index contributed by atoms with van der Waals surface area (Å²) in [5.74, 6) is -0.400. The van der Waals surface area contributed by atoms with Crippen molar-refractivity contribution in [2.75, 3.05) is 18.0 Å². The number of amides is 2. The van der Waals surface area contributed by atoms with E-state index in [1.165, 1.54) is 24.1 Å². The molecule has 0 fully saturated rings. The summed E-state index contributed by atoms with van der Waals surface area (Å²) in [6, 6.07) is 21.2. The molecule has 0 aromatic heterocycles. The van der Waals surface area contributed by atoms with Crippen LogP contribution in [0.25, 0.3) is 0 Å². The Morgan fingerprint density at radius 2 is 1.59 bits per heavy atom. The molecule has 0 aliphatic heterocycles. The minimum absolute atomic E-state index is 0.0459. The highest BCUT2D eigenvalue weighted by Crippen LogP contribution is 2.27. The van der Waals surface area contributed by atoms with Crippen molar-refractivity contribution in [3.63, 3.8) is 0 Å². The number of hydrogen-bond acceptors (Lipinski definition) is 5. The normalized spacial score (nSPS) is 12.4. The van der Waals surface area contributed by atoms with E-state index in [1.54, 1.807) is 49.4 Å². The Labute approximate surface area is 231 Å². The van der Waals surface area contributed by atoms with Crippen molar-refractivity contribution in [3.05, 3.63) is 90.0 Å². The molecule has 3 rings (SSSR count). The lowest BCUT2D eigenvalue weighted by atomic mass is 10.1. The van der Waals surface area contributed by atoms with Gasteiger partial charge in [0, 0.05) is 18.2 Å². The number of nitrogens with one attached hydrogen (secondary N) is 1. The fraction of sp³-hybridized carbons (Fsp3) is 0.333. The van der Waals surface area contributed by atoms with Crippen LogP contribution in [-0.2, 0) is 26.2 Å². The quantitative estimate of drug-likeness (QED) is 0.399. The number of rotatable bonds is 10. The number of sulfonamides is 1. The first-order valence-corrected chi connectivity index (χ1v) is 14.2. The number of anilines is 1. The van der Waals surface area contributed by atoms with E-state index in [0.29, 0.717) is 5.75 Å². The average molecular weight is 552 g/mol. The molecule has 0 aliphatic rings. The Morgan fingerprint density at radius 1 is 0.949 bits per heavy atom. The van der Waals surface area contributed by atoms with E-state index in [-0.39, 0.29) is 23.0 Å². The van der Waals surface area contributed by atoms with E-state index >= 15 is 0 Å². The van der Waals surface area contributed by atoms with Crippen LogP contribution < -0.4 is 14.4 Å². The highest BCUT2D eigenvalue weighted by Gasteiger charge is 2.33. The molecule has 0 heterocycles. The minimum atomic E-state index is -4.13. The van der Waals surface area contributed by atoms with Crippen LogP contribution >= 0.6 is 0 Å². The molecule has 1 atom stereocenters. The number of carbonyl (C=O) groups excluding carboxylic acids is 2. The van der Waals surface area contributed by atoms with E-state index < -0.39 is 34.1 Å². The maximum Gasteiger partial charge on any atom is 0.264 e. The van der Waals surface area contributed by atoms with Crippen molar-refractivity contribution >= 4 is 27.5 Å². The van der Waals surface area contributed by atoms with Crippen LogP contribution in [0.1, 0.15) is 38.8 Å². The molecule has 0 unspecified atom stereocenters. The molecule has 0 saturated carbocycles. The number of carbonyl (C=O) groups is 2. The Balaban J connectivity index is 2.06. The van der Waals surface area contributed by atoms with Gasteiger partial charge in [-0.2, -0.15) is 0 Å². The first-order chi connectivity index (χ1) is 18.3. The third-order valence-corrected chi connectivity index (χ3v) is 8.01. The van der Waals surface area contributed by atoms with Crippen molar-refractivity contribution in [1.82, 2.24) is 10.2 Å². The lowest BCUT2D eigenvalue weighted by Gasteiger charge is -2.33. The zero-order valence-electron chi connectivity index (χ0n) is 23.3. The molecule has 0 radical (unpaired) electrons. The molecule has 0 aliphatic carbocycles. The molecule has 1 N–H and O–H groups in total. The van der Waals surface area contributed by atoms with Crippen molar-refractivity contribution in [2.45, 2.75) is 57.6 Å². The first-order valence-electron chi connectivity index (χ1n) is 12.7. The maximum atomic E-state index is 14.0. The van der Waals surface area contributed by atoms with Gasteiger partial charge in [0.05, 0.1) is 17.7 Å². The zero-order valence-corrected chi connectivity index (χ0v) is 24.2. The number of hydrogen-bond donors (Lipinski definition) is 1. The molecule has 3 aromatic rings. The predicted molar refractivity (Wildman–Crippen MR) is 153 cm³/mol. The van der Waals surface area contributed by atoms with Gasteiger partial charge < -0.3 is 15.0 Å². The van der Waals surface area contributed by atoms with E-state index in [1.807, 2.05) is 52.0 Å². The summed E-state index contributed by atoms with van der Waals surface area (Å²) in [5.41, 5.74) is 1.58. The van der Waals surface area contributed by atoms with Crippen LogP contribution in [0, 0.1) is 6.92 Å². The molecule has 208 valence electrons. The second kappa shape index (κ2) is 12.3. The molecule has 9 heteroatoms. The van der Waals surface area contributed by atoms with Crippen molar-refractivity contribution in [2.24, 2.45) is 0 Å². The average Bonchev–Trinajstić information content (AvgIpc) is 2.90. The summed E-state index contributed by atoms with van der Waals surface area (Å²) >= 11 is 0. The van der Waals surface area contributed by atoms with Gasteiger partial charge in [-0.1, -0.05) is 48.5 Å². The largest absolute Gasteiger partial charge is 0.497 e. The van der Waals surface area contributed by atoms with Gasteiger partial charge in [0.25, 0.3) is 10.0 Å². The Morgan fingerprint density at radius 3 is 2.21 bits per heavy atom. The molecule has 0 spiro atoms. The van der Waals surface area contributed by atoms with Crippen LogP contribution in [-0.4, -0.2) is 50.4 Å². The van der Waals surface area contributed by atoms with Gasteiger partial charge in [-0.3, -0.25) is 13.9 Å². The second-order valence-corrected chi connectivity index (χ2v) is 12.3. The van der Waals surface area contributed by atoms with E-state index in [2.05, 4.69) is 5.32 Å². The molecule has 8 nitrogen and oxygen atoms in total. The molecular formula is C30H37N3O5S. The van der Waals surface area contributed by atoms with E-state index in [4.69, 9.17) is 4.74 Å². The first kappa shape index (κ1) is 29.7. The van der Waals surface area contributed by atoms with Crippen molar-refractivity contribution in [1.29, 1.82) is 0 Å². The van der Waals surface area contributed by atoms with Gasteiger partial charge in [0.15, 0.2) is 0 Å². The smallest absolute Gasteiger partial charge is 0.264 e. The third-order valence-electron chi connectivity index (χ3n) is 6.22. The summed E-state index contributed by atoms with van der Waals surface area (Å²) in [6.07, 6.45) is 0. The molecule has 3 aromatic carbocycles. The molecule has 0 bridgehead atoms. The number of methoxy groups -OCH3 is 1. The number of benzene rings is 3. The monoisotopic (exact) mass is 551 g/mol. The van der Waals surface area contributed by atoms with Gasteiger partial charge in [0.2, 0.25) is 11.8 Å². The van der Waals surface area contributed by atoms with Crippen molar-refractivity contribution < 1.29 is 22.7 Å². The van der Waals surface area contributed by atoms with Crippen LogP contribution in [0.5, 0.6) is 5.75 Å². The third kappa shape index (κ3) is 7.60. The van der Waals surface area contributed by atoms with E-state index in [9.17, 15) is 18.0 Å². The maximum absolute atomic E-state index is 14.0. The van der Waals surface area contributed by atoms with Crippen LogP contribution in [0.15, 0.2) is 83.8 Å². The Kier molecular flexibility index (Phi) is 9.40.